The summed E-state index contributed by atoms with van der Waals surface area (Å²) in [5, 5.41) is 9.52. The summed E-state index contributed by atoms with van der Waals surface area (Å²) in [6.07, 6.45) is 6.38. The Kier molecular flexibility index (Phi) is 5.03. The highest BCUT2D eigenvalue weighted by Crippen LogP contribution is 2.39. The molecule has 0 amide bonds. The van der Waals surface area contributed by atoms with Crippen LogP contribution in [-0.4, -0.2) is 29.7 Å². The van der Waals surface area contributed by atoms with E-state index in [-0.39, 0.29) is 11.7 Å². The molecule has 2 atom stereocenters. The molecule has 2 aliphatic heterocycles. The van der Waals surface area contributed by atoms with Crippen molar-refractivity contribution in [3.63, 3.8) is 0 Å². The molecule has 2 heterocycles. The van der Waals surface area contributed by atoms with E-state index in [0.29, 0.717) is 6.42 Å². The third kappa shape index (κ3) is 3.81. The van der Waals surface area contributed by atoms with Crippen LogP contribution in [0.3, 0.4) is 0 Å². The van der Waals surface area contributed by atoms with E-state index in [1.807, 2.05) is 12.1 Å². The highest BCUT2D eigenvalue weighted by atomic mass is 35.5. The Bertz CT molecular complexity index is 539. The lowest BCUT2D eigenvalue weighted by Crippen LogP contribution is -2.47. The number of halogens is 1. The quantitative estimate of drug-likeness (QED) is 0.836. The summed E-state index contributed by atoms with van der Waals surface area (Å²) in [4.78, 5) is 2.50. The lowest BCUT2D eigenvalue weighted by molar-refractivity contribution is -0.0858. The van der Waals surface area contributed by atoms with Crippen molar-refractivity contribution < 1.29 is 4.74 Å². The van der Waals surface area contributed by atoms with Crippen LogP contribution in [0.4, 0.5) is 0 Å². The Morgan fingerprint density at radius 2 is 2.14 bits per heavy atom. The molecular weight excluding hydrogens is 296 g/mol. The number of benzene rings is 1. The fourth-order valence-corrected chi connectivity index (χ4v) is 3.92. The van der Waals surface area contributed by atoms with Gasteiger partial charge >= 0.3 is 0 Å². The second-order valence-corrected chi connectivity index (χ2v) is 7.04. The fourth-order valence-electron chi connectivity index (χ4n) is 3.80. The molecule has 22 heavy (non-hydrogen) atoms. The van der Waals surface area contributed by atoms with Gasteiger partial charge in [0.05, 0.1) is 17.8 Å². The van der Waals surface area contributed by atoms with Crippen molar-refractivity contribution in [2.24, 2.45) is 0 Å². The predicted octanol–water partition coefficient (Wildman–Crippen LogP) is 4.16. The largest absolute Gasteiger partial charge is 0.370 e. The van der Waals surface area contributed by atoms with Gasteiger partial charge in [-0.3, -0.25) is 4.90 Å². The number of hydrogen-bond donors (Lipinski definition) is 0. The number of nitrogens with zero attached hydrogens (tertiary/aromatic N) is 2. The van der Waals surface area contributed by atoms with Gasteiger partial charge in [-0.25, -0.2) is 0 Å². The summed E-state index contributed by atoms with van der Waals surface area (Å²) in [6, 6.07) is 10.4. The molecule has 0 N–H and O–H groups in total. The van der Waals surface area contributed by atoms with Crippen molar-refractivity contribution >= 4 is 11.6 Å². The van der Waals surface area contributed by atoms with Gasteiger partial charge in [-0.05, 0) is 56.3 Å². The summed E-state index contributed by atoms with van der Waals surface area (Å²) in [5.74, 6) is 0. The van der Waals surface area contributed by atoms with Crippen molar-refractivity contribution in [2.75, 3.05) is 13.1 Å². The molecule has 3 rings (SSSR count). The van der Waals surface area contributed by atoms with Gasteiger partial charge in [0, 0.05) is 24.5 Å². The predicted molar refractivity (Wildman–Crippen MR) is 87.6 cm³/mol. The molecule has 0 unspecified atom stereocenters. The van der Waals surface area contributed by atoms with Crippen LogP contribution in [0.1, 0.15) is 44.1 Å². The van der Waals surface area contributed by atoms with Crippen molar-refractivity contribution in [3.8, 4) is 6.07 Å². The summed E-state index contributed by atoms with van der Waals surface area (Å²) in [6.45, 7) is 3.11. The molecule has 4 heteroatoms. The lowest BCUT2D eigenvalue weighted by atomic mass is 9.89. The highest BCUT2D eigenvalue weighted by Gasteiger charge is 2.42. The molecule has 0 aromatic heterocycles. The minimum absolute atomic E-state index is 0.0325. The molecule has 2 aliphatic rings. The minimum Gasteiger partial charge on any atom is -0.370 e. The molecule has 1 spiro atoms. The molecule has 1 aromatic rings. The molecule has 0 radical (unpaired) electrons. The maximum absolute atomic E-state index is 8.73. The van der Waals surface area contributed by atoms with Gasteiger partial charge in [-0.15, -0.1) is 0 Å². The Morgan fingerprint density at radius 3 is 2.91 bits per heavy atom. The summed E-state index contributed by atoms with van der Waals surface area (Å²) < 4.78 is 6.37. The number of rotatable bonds is 4. The zero-order chi connectivity index (χ0) is 15.4. The van der Waals surface area contributed by atoms with Crippen LogP contribution < -0.4 is 0 Å². The van der Waals surface area contributed by atoms with E-state index in [1.54, 1.807) is 0 Å². The first-order chi connectivity index (χ1) is 10.7. The van der Waals surface area contributed by atoms with E-state index in [1.165, 1.54) is 12.0 Å². The zero-order valence-corrected chi connectivity index (χ0v) is 13.7. The van der Waals surface area contributed by atoms with Gasteiger partial charge < -0.3 is 4.74 Å². The lowest BCUT2D eigenvalue weighted by Gasteiger charge is -2.40. The Labute approximate surface area is 137 Å². The minimum atomic E-state index is 0.0325. The smallest absolute Gasteiger partial charge is 0.0814 e. The van der Waals surface area contributed by atoms with Crippen LogP contribution in [0.5, 0.6) is 0 Å². The Balaban J connectivity index is 1.57. The monoisotopic (exact) mass is 318 g/mol. The van der Waals surface area contributed by atoms with Gasteiger partial charge in [0.1, 0.15) is 0 Å². The summed E-state index contributed by atoms with van der Waals surface area (Å²) >= 11 is 5.95. The first-order valence-corrected chi connectivity index (χ1v) is 8.58. The second kappa shape index (κ2) is 7.00. The molecule has 0 aliphatic carbocycles. The van der Waals surface area contributed by atoms with Crippen LogP contribution in [0.15, 0.2) is 24.3 Å². The SMILES string of the molecule is N#CCC[C@H]1CC[C@]2(CCCN(Cc3ccc(Cl)cc3)C2)O1. The maximum atomic E-state index is 8.73. The average Bonchev–Trinajstić information content (AvgIpc) is 2.90. The van der Waals surface area contributed by atoms with Gasteiger partial charge in [0.15, 0.2) is 0 Å². The van der Waals surface area contributed by atoms with Gasteiger partial charge in [0.25, 0.3) is 0 Å². The number of ether oxygens (including phenoxy) is 1. The zero-order valence-electron chi connectivity index (χ0n) is 12.9. The normalized spacial score (nSPS) is 28.8. The molecular formula is C18H23ClN2O. The van der Waals surface area contributed by atoms with Crippen LogP contribution in [0, 0.1) is 11.3 Å². The van der Waals surface area contributed by atoms with Crippen LogP contribution >= 0.6 is 11.6 Å². The maximum Gasteiger partial charge on any atom is 0.0814 e. The topological polar surface area (TPSA) is 36.3 Å². The van der Waals surface area contributed by atoms with Gasteiger partial charge in [-0.1, -0.05) is 23.7 Å². The highest BCUT2D eigenvalue weighted by molar-refractivity contribution is 6.30. The standard InChI is InChI=1S/C18H23ClN2O/c19-16-6-4-15(5-7-16)13-21-12-2-9-18(14-21)10-8-17(22-18)3-1-11-20/h4-7,17H,1-3,8-10,12-14H2/t17-,18-/m0/s1. The van der Waals surface area contributed by atoms with Crippen LogP contribution in [0.2, 0.25) is 5.02 Å². The number of piperidine rings is 1. The summed E-state index contributed by atoms with van der Waals surface area (Å²) in [7, 11) is 0. The van der Waals surface area contributed by atoms with Crippen molar-refractivity contribution in [3.05, 3.63) is 34.9 Å². The molecule has 2 fully saturated rings. The molecule has 0 saturated carbocycles. The molecule has 118 valence electrons. The molecule has 2 saturated heterocycles. The van der Waals surface area contributed by atoms with Gasteiger partial charge in [-0.2, -0.15) is 5.26 Å². The van der Waals surface area contributed by atoms with Crippen molar-refractivity contribution in [1.82, 2.24) is 4.90 Å². The Hall–Kier alpha value is -1.08. The van der Waals surface area contributed by atoms with E-state index in [9.17, 15) is 0 Å². The van der Waals surface area contributed by atoms with E-state index in [4.69, 9.17) is 21.6 Å². The molecule has 1 aromatic carbocycles. The first-order valence-electron chi connectivity index (χ1n) is 8.21. The third-order valence-electron chi connectivity index (χ3n) is 4.85. The van der Waals surface area contributed by atoms with Crippen molar-refractivity contribution in [1.29, 1.82) is 5.26 Å². The molecule has 0 bridgehead atoms. The van der Waals surface area contributed by atoms with E-state index in [0.717, 1.165) is 50.3 Å². The number of likely N-dealkylation sites (tertiary alicyclic amines) is 1. The average molecular weight is 319 g/mol. The van der Waals surface area contributed by atoms with Gasteiger partial charge in [0.2, 0.25) is 0 Å². The van der Waals surface area contributed by atoms with E-state index < -0.39 is 0 Å². The van der Waals surface area contributed by atoms with E-state index in [2.05, 4.69) is 23.1 Å². The summed E-state index contributed by atoms with van der Waals surface area (Å²) in [5.41, 5.74) is 1.34. The number of nitriles is 1. The molecule has 3 nitrogen and oxygen atoms in total. The third-order valence-corrected chi connectivity index (χ3v) is 5.11. The Morgan fingerprint density at radius 1 is 1.32 bits per heavy atom. The first kappa shape index (κ1) is 15.8. The van der Waals surface area contributed by atoms with E-state index >= 15 is 0 Å². The fraction of sp³-hybridized carbons (Fsp3) is 0.611. The van der Waals surface area contributed by atoms with Crippen LogP contribution in [-0.2, 0) is 11.3 Å². The van der Waals surface area contributed by atoms with Crippen LogP contribution in [0.25, 0.3) is 0 Å². The van der Waals surface area contributed by atoms with Crippen molar-refractivity contribution in [2.45, 2.75) is 56.8 Å². The second-order valence-electron chi connectivity index (χ2n) is 6.60. The number of hydrogen-bond acceptors (Lipinski definition) is 3.